The largest absolute Gasteiger partial charge is 0.493 e. The summed E-state index contributed by atoms with van der Waals surface area (Å²) in [6, 6.07) is 3.39. The molecule has 17 heavy (non-hydrogen) atoms. The Kier molecular flexibility index (Phi) is 3.79. The summed E-state index contributed by atoms with van der Waals surface area (Å²) >= 11 is 11.9. The molecule has 0 aromatic heterocycles. The van der Waals surface area contributed by atoms with Gasteiger partial charge in [-0.15, -0.1) is 0 Å². The highest BCUT2D eigenvalue weighted by Crippen LogP contribution is 2.39. The Balaban J connectivity index is 2.40. The number of hydrogen-bond donors (Lipinski definition) is 1. The minimum atomic E-state index is -0.811. The number of ether oxygens (including phenoxy) is 1. The Hall–Kier alpha value is -0.930. The molecule has 0 bridgehead atoms. The molecule has 0 fully saturated rings. The normalized spacial score (nSPS) is 19.1. The molecule has 0 amide bonds. The molecule has 1 unspecified atom stereocenters. The molecule has 0 radical (unpaired) electrons. The number of aliphatic carboxylic acids is 1. The van der Waals surface area contributed by atoms with E-state index in [1.165, 1.54) is 0 Å². The van der Waals surface area contributed by atoms with E-state index in [1.807, 2.05) is 0 Å². The molecule has 1 aliphatic heterocycles. The Morgan fingerprint density at radius 1 is 1.41 bits per heavy atom. The first-order valence-electron chi connectivity index (χ1n) is 5.41. The van der Waals surface area contributed by atoms with Crippen LogP contribution < -0.4 is 4.74 Å². The maximum atomic E-state index is 10.8. The van der Waals surface area contributed by atoms with Crippen LogP contribution in [0.3, 0.4) is 0 Å². The van der Waals surface area contributed by atoms with Gasteiger partial charge in [-0.05, 0) is 30.4 Å². The molecule has 92 valence electrons. The highest BCUT2D eigenvalue weighted by Gasteiger charge is 2.23. The number of fused-ring (bicyclic) bond motifs is 1. The van der Waals surface area contributed by atoms with Crippen LogP contribution in [0.15, 0.2) is 12.1 Å². The number of halogens is 2. The molecule has 2 rings (SSSR count). The molecular formula is C12H12Cl2O3. The molecule has 5 heteroatoms. The van der Waals surface area contributed by atoms with Gasteiger partial charge in [-0.2, -0.15) is 0 Å². The Labute approximate surface area is 109 Å². The molecule has 1 N–H and O–H groups in total. The van der Waals surface area contributed by atoms with Gasteiger partial charge in [-0.25, -0.2) is 0 Å². The highest BCUT2D eigenvalue weighted by molar-refractivity contribution is 6.42. The fourth-order valence-corrected chi connectivity index (χ4v) is 2.40. The predicted molar refractivity (Wildman–Crippen MR) is 66.2 cm³/mol. The molecule has 0 saturated carbocycles. The topological polar surface area (TPSA) is 46.5 Å². The van der Waals surface area contributed by atoms with Crippen LogP contribution in [0.1, 0.15) is 30.7 Å². The number of benzene rings is 1. The fourth-order valence-electron chi connectivity index (χ4n) is 2.08. The zero-order valence-electron chi connectivity index (χ0n) is 9.08. The van der Waals surface area contributed by atoms with E-state index < -0.39 is 5.97 Å². The van der Waals surface area contributed by atoms with Gasteiger partial charge < -0.3 is 9.84 Å². The molecule has 0 saturated heterocycles. The number of rotatable bonds is 2. The van der Waals surface area contributed by atoms with E-state index in [4.69, 9.17) is 33.0 Å². The van der Waals surface area contributed by atoms with Crippen molar-refractivity contribution in [2.24, 2.45) is 0 Å². The third-order valence-corrected chi connectivity index (χ3v) is 3.59. The molecule has 1 atom stereocenters. The lowest BCUT2D eigenvalue weighted by atomic mass is 9.91. The maximum absolute atomic E-state index is 10.8. The number of carbonyl (C=O) groups is 1. The van der Waals surface area contributed by atoms with Gasteiger partial charge in [-0.1, -0.05) is 23.2 Å². The molecule has 1 aromatic rings. The minimum Gasteiger partial charge on any atom is -0.493 e. The van der Waals surface area contributed by atoms with E-state index in [9.17, 15) is 4.79 Å². The number of carboxylic acid groups (broad SMARTS) is 1. The van der Waals surface area contributed by atoms with Crippen molar-refractivity contribution < 1.29 is 14.6 Å². The first kappa shape index (κ1) is 12.5. The highest BCUT2D eigenvalue weighted by atomic mass is 35.5. The first-order chi connectivity index (χ1) is 8.08. The van der Waals surface area contributed by atoms with E-state index >= 15 is 0 Å². The molecular weight excluding hydrogens is 263 g/mol. The molecule has 3 nitrogen and oxygen atoms in total. The van der Waals surface area contributed by atoms with Crippen LogP contribution in [0.2, 0.25) is 10.0 Å². The molecule has 0 aliphatic carbocycles. The van der Waals surface area contributed by atoms with Gasteiger partial charge in [0.05, 0.1) is 23.1 Å². The number of hydrogen-bond acceptors (Lipinski definition) is 2. The SMILES string of the molecule is O=C(O)CC1CCCOc2cc(Cl)c(Cl)cc21. The van der Waals surface area contributed by atoms with Gasteiger partial charge in [0.1, 0.15) is 5.75 Å². The average molecular weight is 275 g/mol. The van der Waals surface area contributed by atoms with E-state index in [1.54, 1.807) is 12.1 Å². The Morgan fingerprint density at radius 3 is 2.82 bits per heavy atom. The van der Waals surface area contributed by atoms with Crippen molar-refractivity contribution in [2.75, 3.05) is 6.61 Å². The van der Waals surface area contributed by atoms with Crippen LogP contribution in [-0.2, 0) is 4.79 Å². The standard InChI is InChI=1S/C12H12Cl2O3/c13-9-5-8-7(4-12(15)16)2-1-3-17-11(8)6-10(9)14/h5-7H,1-4H2,(H,15,16). The molecule has 1 aromatic carbocycles. The average Bonchev–Trinajstić information content (AvgIpc) is 2.42. The van der Waals surface area contributed by atoms with Gasteiger partial charge in [0, 0.05) is 6.07 Å². The predicted octanol–water partition coefficient (Wildman–Crippen LogP) is 3.72. The summed E-state index contributed by atoms with van der Waals surface area (Å²) in [7, 11) is 0. The smallest absolute Gasteiger partial charge is 0.303 e. The Morgan fingerprint density at radius 2 is 2.12 bits per heavy atom. The van der Waals surface area contributed by atoms with E-state index in [-0.39, 0.29) is 12.3 Å². The van der Waals surface area contributed by atoms with Crippen LogP contribution >= 0.6 is 23.2 Å². The summed E-state index contributed by atoms with van der Waals surface area (Å²) in [6.07, 6.45) is 1.72. The van der Waals surface area contributed by atoms with Crippen LogP contribution in [-0.4, -0.2) is 17.7 Å². The number of carboxylic acids is 1. The summed E-state index contributed by atoms with van der Waals surface area (Å²) in [5, 5.41) is 9.78. The second-order valence-electron chi connectivity index (χ2n) is 4.09. The maximum Gasteiger partial charge on any atom is 0.303 e. The molecule has 1 aliphatic rings. The van der Waals surface area contributed by atoms with Crippen molar-refractivity contribution >= 4 is 29.2 Å². The van der Waals surface area contributed by atoms with E-state index in [0.717, 1.165) is 18.4 Å². The summed E-state index contributed by atoms with van der Waals surface area (Å²) in [6.45, 7) is 0.584. The van der Waals surface area contributed by atoms with Crippen LogP contribution in [0.4, 0.5) is 0 Å². The molecule has 1 heterocycles. The summed E-state index contributed by atoms with van der Waals surface area (Å²) < 4.78 is 5.56. The fraction of sp³-hybridized carbons (Fsp3) is 0.417. The summed E-state index contributed by atoms with van der Waals surface area (Å²) in [5.74, 6) is -0.211. The lowest BCUT2D eigenvalue weighted by molar-refractivity contribution is -0.137. The lowest BCUT2D eigenvalue weighted by Crippen LogP contribution is -2.06. The summed E-state index contributed by atoms with van der Waals surface area (Å²) in [4.78, 5) is 10.8. The summed E-state index contributed by atoms with van der Waals surface area (Å²) in [5.41, 5.74) is 0.847. The monoisotopic (exact) mass is 274 g/mol. The molecule has 0 spiro atoms. The van der Waals surface area contributed by atoms with Gasteiger partial charge in [0.25, 0.3) is 0 Å². The third kappa shape index (κ3) is 2.85. The second-order valence-corrected chi connectivity index (χ2v) is 4.90. The van der Waals surface area contributed by atoms with Gasteiger partial charge >= 0.3 is 5.97 Å². The van der Waals surface area contributed by atoms with Gasteiger partial charge in [-0.3, -0.25) is 4.79 Å². The van der Waals surface area contributed by atoms with Crippen molar-refractivity contribution in [3.05, 3.63) is 27.7 Å². The minimum absolute atomic E-state index is 0.0558. The zero-order valence-corrected chi connectivity index (χ0v) is 10.6. The van der Waals surface area contributed by atoms with Crippen molar-refractivity contribution in [3.8, 4) is 5.75 Å². The first-order valence-corrected chi connectivity index (χ1v) is 6.17. The van der Waals surface area contributed by atoms with Crippen LogP contribution in [0.25, 0.3) is 0 Å². The second kappa shape index (κ2) is 5.15. The lowest BCUT2D eigenvalue weighted by Gasteiger charge is -2.15. The third-order valence-electron chi connectivity index (χ3n) is 2.87. The van der Waals surface area contributed by atoms with E-state index in [0.29, 0.717) is 22.4 Å². The van der Waals surface area contributed by atoms with Crippen molar-refractivity contribution in [1.29, 1.82) is 0 Å². The quantitative estimate of drug-likeness (QED) is 0.894. The van der Waals surface area contributed by atoms with Crippen LogP contribution in [0, 0.1) is 0 Å². The van der Waals surface area contributed by atoms with Crippen molar-refractivity contribution in [1.82, 2.24) is 0 Å². The van der Waals surface area contributed by atoms with Crippen molar-refractivity contribution in [3.63, 3.8) is 0 Å². The van der Waals surface area contributed by atoms with Crippen LogP contribution in [0.5, 0.6) is 5.75 Å². The Bertz CT molecular complexity index is 446. The van der Waals surface area contributed by atoms with Crippen molar-refractivity contribution in [2.45, 2.75) is 25.2 Å². The van der Waals surface area contributed by atoms with E-state index in [2.05, 4.69) is 0 Å². The van der Waals surface area contributed by atoms with Gasteiger partial charge in [0.15, 0.2) is 0 Å². The zero-order chi connectivity index (χ0) is 12.4. The van der Waals surface area contributed by atoms with Gasteiger partial charge in [0.2, 0.25) is 0 Å².